The Labute approximate surface area is 94.4 Å². The number of anilines is 2. The van der Waals surface area contributed by atoms with Crippen molar-refractivity contribution >= 4 is 11.6 Å². The van der Waals surface area contributed by atoms with Gasteiger partial charge in [0.05, 0.1) is 0 Å². The first-order valence-electron chi connectivity index (χ1n) is 4.58. The molecule has 0 aliphatic carbocycles. The molecule has 0 saturated carbocycles. The minimum Gasteiger partial charge on any atom is -0.360 e. The lowest BCUT2D eigenvalue weighted by atomic mass is 10.3. The van der Waals surface area contributed by atoms with Crippen molar-refractivity contribution in [2.45, 2.75) is 0 Å². The number of hydrogen-bond acceptors (Lipinski definition) is 6. The summed E-state index contributed by atoms with van der Waals surface area (Å²) in [6.45, 7) is 0. The van der Waals surface area contributed by atoms with Crippen LogP contribution in [0, 0.1) is 22.7 Å². The molecule has 0 fully saturated rings. The van der Waals surface area contributed by atoms with Crippen molar-refractivity contribution in [2.75, 3.05) is 38.0 Å². The van der Waals surface area contributed by atoms with Gasteiger partial charge in [0.25, 0.3) is 0 Å². The summed E-state index contributed by atoms with van der Waals surface area (Å²) in [7, 11) is 7.24. The highest BCUT2D eigenvalue weighted by atomic mass is 15.2. The number of aromatic nitrogens is 2. The Bertz CT molecular complexity index is 432. The zero-order valence-electron chi connectivity index (χ0n) is 9.68. The Morgan fingerprint density at radius 1 is 0.812 bits per heavy atom. The van der Waals surface area contributed by atoms with Crippen LogP contribution in [0.1, 0.15) is 11.4 Å². The molecule has 0 bridgehead atoms. The standard InChI is InChI=1S/C10H12N6/c1-15(2)9-10(16(3)4)14-8(6-12)7(5-11)13-9/h1-4H3. The van der Waals surface area contributed by atoms with Gasteiger partial charge in [0.1, 0.15) is 12.1 Å². The second-order valence-corrected chi connectivity index (χ2v) is 3.58. The number of nitriles is 2. The number of nitrogens with zero attached hydrogens (tertiary/aromatic N) is 6. The molecule has 1 heterocycles. The minimum atomic E-state index is 0.0526. The molecule has 0 aliphatic heterocycles. The van der Waals surface area contributed by atoms with Crippen LogP contribution in [0.4, 0.5) is 11.6 Å². The number of rotatable bonds is 2. The molecule has 0 unspecified atom stereocenters. The van der Waals surface area contributed by atoms with Gasteiger partial charge in [-0.1, -0.05) is 0 Å². The summed E-state index contributed by atoms with van der Waals surface area (Å²) in [5.41, 5.74) is 0.105. The van der Waals surface area contributed by atoms with Crippen LogP contribution in [0.25, 0.3) is 0 Å². The van der Waals surface area contributed by atoms with Crippen LogP contribution in [0.2, 0.25) is 0 Å². The van der Waals surface area contributed by atoms with Crippen molar-refractivity contribution in [3.63, 3.8) is 0 Å². The normalized spacial score (nSPS) is 9.12. The average molecular weight is 216 g/mol. The van der Waals surface area contributed by atoms with Crippen molar-refractivity contribution < 1.29 is 0 Å². The van der Waals surface area contributed by atoms with Gasteiger partial charge in [0.15, 0.2) is 23.0 Å². The molecule has 0 amide bonds. The average Bonchev–Trinajstić information content (AvgIpc) is 2.26. The summed E-state index contributed by atoms with van der Waals surface area (Å²) in [6.07, 6.45) is 0. The molecule has 16 heavy (non-hydrogen) atoms. The summed E-state index contributed by atoms with van der Waals surface area (Å²) < 4.78 is 0. The molecule has 0 spiro atoms. The highest BCUT2D eigenvalue weighted by Gasteiger charge is 2.16. The van der Waals surface area contributed by atoms with Gasteiger partial charge in [0.2, 0.25) is 0 Å². The van der Waals surface area contributed by atoms with Crippen molar-refractivity contribution in [1.82, 2.24) is 9.97 Å². The fraction of sp³-hybridized carbons (Fsp3) is 0.400. The van der Waals surface area contributed by atoms with Crippen molar-refractivity contribution in [1.29, 1.82) is 10.5 Å². The van der Waals surface area contributed by atoms with Crippen LogP contribution >= 0.6 is 0 Å². The smallest absolute Gasteiger partial charge is 0.179 e. The molecule has 0 N–H and O–H groups in total. The Hall–Kier alpha value is -2.34. The third kappa shape index (κ3) is 2.01. The fourth-order valence-corrected chi connectivity index (χ4v) is 1.17. The highest BCUT2D eigenvalue weighted by molar-refractivity contribution is 5.63. The van der Waals surface area contributed by atoms with E-state index in [0.29, 0.717) is 11.6 Å². The first-order valence-corrected chi connectivity index (χ1v) is 4.58. The Kier molecular flexibility index (Phi) is 3.27. The second-order valence-electron chi connectivity index (χ2n) is 3.58. The Balaban J connectivity index is 3.51. The van der Waals surface area contributed by atoms with E-state index in [-0.39, 0.29) is 11.4 Å². The molecule has 1 aromatic heterocycles. The predicted octanol–water partition coefficient (Wildman–Crippen LogP) is 0.352. The molecule has 1 rings (SSSR count). The molecule has 0 atom stereocenters. The van der Waals surface area contributed by atoms with Gasteiger partial charge in [-0.25, -0.2) is 9.97 Å². The summed E-state index contributed by atoms with van der Waals surface area (Å²) in [6, 6.07) is 3.73. The first-order chi connectivity index (χ1) is 7.51. The first kappa shape index (κ1) is 11.7. The summed E-state index contributed by atoms with van der Waals surface area (Å²) >= 11 is 0. The SMILES string of the molecule is CN(C)c1nc(C#N)c(C#N)nc1N(C)C. The largest absolute Gasteiger partial charge is 0.360 e. The maximum atomic E-state index is 8.85. The molecular weight excluding hydrogens is 204 g/mol. The monoisotopic (exact) mass is 216 g/mol. The van der Waals surface area contributed by atoms with Crippen molar-refractivity contribution in [3.05, 3.63) is 11.4 Å². The lowest BCUT2D eigenvalue weighted by Gasteiger charge is -2.20. The van der Waals surface area contributed by atoms with Gasteiger partial charge >= 0.3 is 0 Å². The minimum absolute atomic E-state index is 0.0526. The molecule has 1 aromatic rings. The second kappa shape index (κ2) is 4.45. The lowest BCUT2D eigenvalue weighted by molar-refractivity contribution is 0.969. The van der Waals surface area contributed by atoms with Crippen molar-refractivity contribution in [2.24, 2.45) is 0 Å². The highest BCUT2D eigenvalue weighted by Crippen LogP contribution is 2.23. The van der Waals surface area contributed by atoms with Crippen LogP contribution in [0.5, 0.6) is 0 Å². The molecule has 0 saturated heterocycles. The summed E-state index contributed by atoms with van der Waals surface area (Å²) in [4.78, 5) is 11.8. The third-order valence-electron chi connectivity index (χ3n) is 1.92. The molecule has 0 aliphatic rings. The molecule has 0 aromatic carbocycles. The van der Waals surface area contributed by atoms with E-state index < -0.39 is 0 Å². The van der Waals surface area contributed by atoms with E-state index in [1.54, 1.807) is 9.80 Å². The van der Waals surface area contributed by atoms with Crippen LogP contribution in [0.3, 0.4) is 0 Å². The molecular formula is C10H12N6. The molecule has 0 radical (unpaired) electrons. The lowest BCUT2D eigenvalue weighted by Crippen LogP contribution is -2.20. The van der Waals surface area contributed by atoms with Crippen LogP contribution in [-0.4, -0.2) is 38.2 Å². The van der Waals surface area contributed by atoms with Crippen LogP contribution in [-0.2, 0) is 0 Å². The Morgan fingerprint density at radius 2 is 1.12 bits per heavy atom. The van der Waals surface area contributed by atoms with E-state index in [0.717, 1.165) is 0 Å². The predicted molar refractivity (Wildman–Crippen MR) is 60.1 cm³/mol. The summed E-state index contributed by atoms with van der Waals surface area (Å²) in [5, 5.41) is 17.7. The Morgan fingerprint density at radius 3 is 1.31 bits per heavy atom. The zero-order valence-corrected chi connectivity index (χ0v) is 9.68. The van der Waals surface area contributed by atoms with Gasteiger partial charge in [-0.3, -0.25) is 0 Å². The van der Waals surface area contributed by atoms with Gasteiger partial charge in [-0.2, -0.15) is 10.5 Å². The fourth-order valence-electron chi connectivity index (χ4n) is 1.17. The summed E-state index contributed by atoms with van der Waals surface area (Å²) in [5.74, 6) is 1.14. The quantitative estimate of drug-likeness (QED) is 0.709. The van der Waals surface area contributed by atoms with Crippen LogP contribution < -0.4 is 9.80 Å². The topological polar surface area (TPSA) is 79.8 Å². The van der Waals surface area contributed by atoms with Gasteiger partial charge in [-0.05, 0) is 0 Å². The molecule has 6 heteroatoms. The van der Waals surface area contributed by atoms with Crippen LogP contribution in [0.15, 0.2) is 0 Å². The maximum absolute atomic E-state index is 8.85. The molecule has 82 valence electrons. The van der Waals surface area contributed by atoms with E-state index in [9.17, 15) is 0 Å². The van der Waals surface area contributed by atoms with Gasteiger partial charge in [-0.15, -0.1) is 0 Å². The van der Waals surface area contributed by atoms with E-state index in [1.807, 2.05) is 40.3 Å². The van der Waals surface area contributed by atoms with Gasteiger partial charge in [0, 0.05) is 28.2 Å². The van der Waals surface area contributed by atoms with E-state index in [4.69, 9.17) is 10.5 Å². The van der Waals surface area contributed by atoms with E-state index >= 15 is 0 Å². The maximum Gasteiger partial charge on any atom is 0.179 e. The van der Waals surface area contributed by atoms with E-state index in [1.165, 1.54) is 0 Å². The zero-order chi connectivity index (χ0) is 12.3. The van der Waals surface area contributed by atoms with Gasteiger partial charge < -0.3 is 9.80 Å². The molecule has 6 nitrogen and oxygen atoms in total. The third-order valence-corrected chi connectivity index (χ3v) is 1.92. The van der Waals surface area contributed by atoms with E-state index in [2.05, 4.69) is 9.97 Å². The number of hydrogen-bond donors (Lipinski definition) is 0. The van der Waals surface area contributed by atoms with Crippen molar-refractivity contribution in [3.8, 4) is 12.1 Å².